The lowest BCUT2D eigenvalue weighted by molar-refractivity contribution is -0.172. The van der Waals surface area contributed by atoms with Crippen LogP contribution in [0, 0.1) is 0 Å². The monoisotopic (exact) mass is 1060 g/mol. The van der Waals surface area contributed by atoms with Gasteiger partial charge in [0.15, 0.2) is 17.1 Å². The van der Waals surface area contributed by atoms with Gasteiger partial charge in [-0.05, 0) is 93.8 Å². The van der Waals surface area contributed by atoms with Crippen LogP contribution in [-0.2, 0) is 72.0 Å². The van der Waals surface area contributed by atoms with E-state index < -0.39 is 33.5 Å². The van der Waals surface area contributed by atoms with Crippen molar-refractivity contribution in [3.8, 4) is 34.1 Å². The third-order valence-electron chi connectivity index (χ3n) is 13.8. The van der Waals surface area contributed by atoms with Crippen molar-refractivity contribution in [2.45, 2.75) is 115 Å². The Morgan fingerprint density at radius 2 is 1.74 bits per heavy atom. The normalized spacial score (nSPS) is 15.6. The number of amides is 3. The maximum absolute atomic E-state index is 14.0. The summed E-state index contributed by atoms with van der Waals surface area (Å²) in [7, 11) is -3.53. The molecular weight excluding hydrogens is 1000 g/mol. The number of ether oxygens (including phenoxy) is 4. The van der Waals surface area contributed by atoms with Gasteiger partial charge in [0, 0.05) is 78.5 Å². The second kappa shape index (κ2) is 22.6. The number of nitrogens with zero attached hydrogens (tertiary/aromatic N) is 8. The summed E-state index contributed by atoms with van der Waals surface area (Å²) in [4.78, 5) is 81.4. The highest BCUT2D eigenvalue weighted by Crippen LogP contribution is 2.43. The highest BCUT2D eigenvalue weighted by molar-refractivity contribution is 7.90. The minimum atomic E-state index is -3.53. The number of unbranched alkanes of at least 4 members (excludes halogenated alkanes) is 3. The molecule has 2 aromatic carbocycles. The van der Waals surface area contributed by atoms with Crippen LogP contribution in [0.5, 0.6) is 11.5 Å². The molecule has 3 amide bonds. The molecule has 76 heavy (non-hydrogen) atoms. The van der Waals surface area contributed by atoms with Gasteiger partial charge in [0.1, 0.15) is 24.9 Å². The average molecular weight is 1060 g/mol. The van der Waals surface area contributed by atoms with E-state index in [1.807, 2.05) is 13.0 Å². The van der Waals surface area contributed by atoms with Crippen molar-refractivity contribution in [2.24, 2.45) is 5.73 Å². The quantitative estimate of drug-likeness (QED) is 0.0418. The van der Waals surface area contributed by atoms with Gasteiger partial charge >= 0.3 is 12.1 Å². The molecular formula is C52H59N11O12S. The van der Waals surface area contributed by atoms with Gasteiger partial charge in [0.25, 0.3) is 5.56 Å². The fraction of sp³-hybridized carbons (Fsp3) is 0.423. The number of likely N-dealkylation sites (N-methyl/N-ethyl adjacent to an activating group) is 1. The number of benzene rings is 2. The number of nitrogens with two attached hydrogens (primary N) is 1. The molecule has 24 heteroatoms. The Balaban J connectivity index is 0.780. The third kappa shape index (κ3) is 11.2. The third-order valence-corrected chi connectivity index (χ3v) is 14.7. The van der Waals surface area contributed by atoms with Crippen LogP contribution in [0.4, 0.5) is 10.5 Å². The van der Waals surface area contributed by atoms with Gasteiger partial charge in [-0.15, -0.1) is 5.10 Å². The van der Waals surface area contributed by atoms with Gasteiger partial charge in [-0.1, -0.05) is 30.7 Å². The molecule has 0 radical (unpaired) electrons. The first-order valence-corrected chi connectivity index (χ1v) is 27.1. The van der Waals surface area contributed by atoms with Crippen LogP contribution >= 0.6 is 0 Å². The van der Waals surface area contributed by atoms with Crippen LogP contribution in [0.1, 0.15) is 93.0 Å². The Kier molecular flexibility index (Phi) is 15.7. The van der Waals surface area contributed by atoms with Crippen molar-refractivity contribution < 1.29 is 51.6 Å². The molecule has 6 aromatic rings. The van der Waals surface area contributed by atoms with Crippen LogP contribution in [0.25, 0.3) is 33.5 Å². The lowest BCUT2D eigenvalue weighted by Crippen LogP contribution is -2.44. The van der Waals surface area contributed by atoms with Gasteiger partial charge in [-0.3, -0.25) is 19.1 Å². The molecule has 3 aliphatic rings. The number of rotatable bonds is 22. The van der Waals surface area contributed by atoms with E-state index in [1.54, 1.807) is 63.7 Å². The van der Waals surface area contributed by atoms with E-state index in [9.17, 15) is 37.5 Å². The van der Waals surface area contributed by atoms with E-state index in [2.05, 4.69) is 30.9 Å². The van der Waals surface area contributed by atoms with Gasteiger partial charge in [0.2, 0.25) is 33.6 Å². The molecule has 7 heterocycles. The van der Waals surface area contributed by atoms with Crippen molar-refractivity contribution in [1.82, 2.24) is 44.7 Å². The Morgan fingerprint density at radius 1 is 0.974 bits per heavy atom. The maximum Gasteiger partial charge on any atom is 0.410 e. The molecule has 0 saturated heterocycles. The van der Waals surface area contributed by atoms with Crippen LogP contribution in [0.2, 0.25) is 0 Å². The molecule has 0 aliphatic carbocycles. The predicted octanol–water partition coefficient (Wildman–Crippen LogP) is 4.27. The minimum absolute atomic E-state index is 0.0110. The summed E-state index contributed by atoms with van der Waals surface area (Å²) in [5.41, 5.74) is 9.16. The van der Waals surface area contributed by atoms with Crippen molar-refractivity contribution >= 4 is 50.3 Å². The Morgan fingerprint density at radius 3 is 2.46 bits per heavy atom. The van der Waals surface area contributed by atoms with E-state index in [0.717, 1.165) is 22.8 Å². The zero-order chi connectivity index (χ0) is 53.7. The van der Waals surface area contributed by atoms with Crippen molar-refractivity contribution in [3.05, 3.63) is 99.2 Å². The number of carbonyl (C=O) groups is 4. The number of aliphatic hydroxyl groups is 1. The van der Waals surface area contributed by atoms with Gasteiger partial charge in [-0.2, -0.15) is 0 Å². The fourth-order valence-electron chi connectivity index (χ4n) is 9.56. The first kappa shape index (κ1) is 53.0. The highest BCUT2D eigenvalue weighted by atomic mass is 32.2. The number of sulfone groups is 1. The Labute approximate surface area is 437 Å². The number of fused-ring (bicyclic) bond motifs is 6. The number of esters is 1. The molecule has 4 aromatic heterocycles. The molecule has 2 atom stereocenters. The van der Waals surface area contributed by atoms with E-state index in [4.69, 9.17) is 29.7 Å². The van der Waals surface area contributed by atoms with Gasteiger partial charge < -0.3 is 49.9 Å². The van der Waals surface area contributed by atoms with Gasteiger partial charge in [0.05, 0.1) is 35.2 Å². The molecule has 3 aliphatic heterocycles. The largest absolute Gasteiger partial charge is 0.458 e. The number of aromatic nitrogens is 7. The molecule has 5 N–H and O–H groups in total. The number of cyclic esters (lactones) is 1. The number of pyridine rings is 2. The second-order valence-corrected chi connectivity index (χ2v) is 20.8. The lowest BCUT2D eigenvalue weighted by atomic mass is 9.86. The van der Waals surface area contributed by atoms with Crippen molar-refractivity contribution in [2.75, 3.05) is 38.0 Å². The molecule has 400 valence electrons. The first-order valence-electron chi connectivity index (χ1n) is 25.2. The minimum Gasteiger partial charge on any atom is -0.458 e. The summed E-state index contributed by atoms with van der Waals surface area (Å²) in [6.07, 6.45) is 9.29. The molecule has 23 nitrogen and oxygen atoms in total. The fourth-order valence-corrected chi connectivity index (χ4v) is 10.0. The van der Waals surface area contributed by atoms with E-state index in [-0.39, 0.29) is 79.6 Å². The topological polar surface area (TPSA) is 304 Å². The van der Waals surface area contributed by atoms with Crippen LogP contribution in [-0.4, -0.2) is 116 Å². The summed E-state index contributed by atoms with van der Waals surface area (Å²) in [6, 6.07) is 11.4. The van der Waals surface area contributed by atoms with E-state index in [1.165, 1.54) is 12.4 Å². The number of hydrogen-bond donors (Lipinski definition) is 4. The SMILES string of the molecule is CCN(CCc1c2c(nc3cc4c(cc13)OCO4)-c1cc3c(c(=O)n1C2)COC(=O)[C@]3(O)CC)C(=O)OCc1ccc(NC(=O)[C@H](CCCCN)NC(=O)CCCCCn2cc(-c3cnc(S(C)(=O)=O)nc3)nn2)cc1. The van der Waals surface area contributed by atoms with Gasteiger partial charge in [-0.25, -0.2) is 33.0 Å². The molecule has 0 fully saturated rings. The zero-order valence-electron chi connectivity index (χ0n) is 42.4. The summed E-state index contributed by atoms with van der Waals surface area (Å²) < 4.78 is 49.0. The predicted molar refractivity (Wildman–Crippen MR) is 274 cm³/mol. The van der Waals surface area contributed by atoms with Crippen molar-refractivity contribution in [1.29, 1.82) is 0 Å². The summed E-state index contributed by atoms with van der Waals surface area (Å²) >= 11 is 0. The highest BCUT2D eigenvalue weighted by Gasteiger charge is 2.45. The Bertz CT molecular complexity index is 3370. The second-order valence-electron chi connectivity index (χ2n) is 18.9. The maximum atomic E-state index is 14.0. The average Bonchev–Trinajstić information content (AvgIpc) is 4.22. The molecule has 0 unspecified atom stereocenters. The van der Waals surface area contributed by atoms with E-state index in [0.29, 0.717) is 115 Å². The summed E-state index contributed by atoms with van der Waals surface area (Å²) in [5.74, 6) is -0.365. The zero-order valence-corrected chi connectivity index (χ0v) is 43.2. The van der Waals surface area contributed by atoms with Crippen LogP contribution in [0.3, 0.4) is 0 Å². The number of nitrogens with one attached hydrogen (secondary N) is 2. The first-order chi connectivity index (χ1) is 36.6. The number of aryl methyl sites for hydroxylation is 1. The standard InChI is InChI=1S/C52H59N11O12S/c1-4-52(69)38-22-42-46-36(26-63(42)48(66)37(38)29-72-49(52)67)34(35-21-43-44(75-30-74-43)23-40(35)58-46)17-20-61(5-2)51(68)73-28-31-13-15-33(16-14-31)56-47(65)39(11-8-9-18-53)57-45(64)12-7-6-10-19-62-27-41(59-60-62)32-24-54-50(55-25-32)76(3,70)71/h13-16,21-25,27,39,69H,4-12,17-20,26,28-30,53H2,1-3H3,(H,56,65)(H,57,64)/t39-,52-/m0/s1. The molecule has 0 bridgehead atoms. The van der Waals surface area contributed by atoms with E-state index >= 15 is 0 Å². The molecule has 9 rings (SSSR count). The number of hydrogen-bond acceptors (Lipinski definition) is 18. The number of carbonyl (C=O) groups excluding carboxylic acids is 4. The smallest absolute Gasteiger partial charge is 0.410 e. The van der Waals surface area contributed by atoms with Crippen LogP contribution < -0.4 is 31.4 Å². The van der Waals surface area contributed by atoms with Crippen molar-refractivity contribution in [3.63, 3.8) is 0 Å². The summed E-state index contributed by atoms with van der Waals surface area (Å²) in [6.45, 7) is 5.00. The Hall–Kier alpha value is -7.83. The van der Waals surface area contributed by atoms with Crippen LogP contribution in [0.15, 0.2) is 71.0 Å². The number of anilines is 1. The molecule has 0 saturated carbocycles. The molecule has 0 spiro atoms. The lowest BCUT2D eigenvalue weighted by Gasteiger charge is -2.31. The summed E-state index contributed by atoms with van der Waals surface area (Å²) in [5, 5.41) is 25.9.